The van der Waals surface area contributed by atoms with Crippen LogP contribution < -0.4 is 16.0 Å². The quantitative estimate of drug-likeness (QED) is 0.546. The lowest BCUT2D eigenvalue weighted by atomic mass is 10.3. The Morgan fingerprint density at radius 1 is 1.53 bits per heavy atom. The molecule has 1 heterocycles. The molecule has 0 saturated heterocycles. The number of thiazole rings is 1. The maximum absolute atomic E-state index is 11.9. The molecule has 5 N–H and O–H groups in total. The molecule has 0 aromatic carbocycles. The summed E-state index contributed by atoms with van der Waals surface area (Å²) in [5, 5.41) is 21.0. The Kier molecular flexibility index (Phi) is 6.00. The highest BCUT2D eigenvalue weighted by Crippen LogP contribution is 2.27. The van der Waals surface area contributed by atoms with E-state index in [1.165, 1.54) is 11.3 Å². The highest BCUT2D eigenvalue weighted by Gasteiger charge is 2.20. The topological polar surface area (TPSA) is 112 Å². The number of nitrogens with zero attached hydrogens (tertiary/aromatic N) is 2. The summed E-state index contributed by atoms with van der Waals surface area (Å²) in [6, 6.07) is -0.689. The predicted octanol–water partition coefficient (Wildman–Crippen LogP) is -0.345. The van der Waals surface area contributed by atoms with Gasteiger partial charge in [-0.3, -0.25) is 4.79 Å². The first-order valence-electron chi connectivity index (χ1n) is 6.03. The number of hydrogen-bond acceptors (Lipinski definition) is 7. The van der Waals surface area contributed by atoms with Crippen LogP contribution in [0.25, 0.3) is 0 Å². The molecular weight excluding hydrogens is 268 g/mol. The number of carbonyl (C=O) groups excluding carboxylic acids is 1. The van der Waals surface area contributed by atoms with Gasteiger partial charge in [0.15, 0.2) is 5.13 Å². The Bertz CT molecular complexity index is 420. The molecule has 0 aliphatic rings. The molecule has 19 heavy (non-hydrogen) atoms. The normalized spacial score (nSPS) is 10.8. The largest absolute Gasteiger partial charge is 0.394 e. The van der Waals surface area contributed by atoms with Crippen molar-refractivity contribution in [3.63, 3.8) is 0 Å². The number of nitrogen functional groups attached to an aromatic ring is 1. The molecule has 0 aliphatic heterocycles. The lowest BCUT2D eigenvalue weighted by Gasteiger charge is -2.13. The van der Waals surface area contributed by atoms with Gasteiger partial charge in [-0.15, -0.1) is 0 Å². The maximum atomic E-state index is 11.9. The molecule has 0 radical (unpaired) electrons. The van der Waals surface area contributed by atoms with Gasteiger partial charge in [0.1, 0.15) is 10.7 Å². The molecule has 108 valence electrons. The van der Waals surface area contributed by atoms with Gasteiger partial charge in [-0.25, -0.2) is 4.98 Å². The van der Waals surface area contributed by atoms with Crippen LogP contribution in [0.5, 0.6) is 0 Å². The van der Waals surface area contributed by atoms with Crippen LogP contribution in [0, 0.1) is 0 Å². The number of rotatable bonds is 7. The summed E-state index contributed by atoms with van der Waals surface area (Å²) in [5.41, 5.74) is 5.72. The first kappa shape index (κ1) is 15.7. The number of nitrogens with two attached hydrogens (primary N) is 1. The Hall–Kier alpha value is -1.38. The fraction of sp³-hybridized carbons (Fsp3) is 0.636. The van der Waals surface area contributed by atoms with E-state index in [9.17, 15) is 4.79 Å². The van der Waals surface area contributed by atoms with Crippen LogP contribution in [0.1, 0.15) is 23.0 Å². The second-order valence-corrected chi connectivity index (χ2v) is 5.15. The van der Waals surface area contributed by atoms with Gasteiger partial charge in [0.25, 0.3) is 5.91 Å². The van der Waals surface area contributed by atoms with Gasteiger partial charge < -0.3 is 26.2 Å². The Morgan fingerprint density at radius 2 is 2.16 bits per heavy atom. The van der Waals surface area contributed by atoms with E-state index in [0.29, 0.717) is 10.0 Å². The second-order valence-electron chi connectivity index (χ2n) is 4.17. The van der Waals surface area contributed by atoms with Crippen molar-refractivity contribution in [2.24, 2.45) is 0 Å². The summed E-state index contributed by atoms with van der Waals surface area (Å²) in [5.74, 6) is -0.269. The fourth-order valence-electron chi connectivity index (χ4n) is 1.48. The van der Waals surface area contributed by atoms with E-state index in [1.54, 1.807) is 0 Å². The van der Waals surface area contributed by atoms with Gasteiger partial charge in [-0.2, -0.15) is 0 Å². The number of anilines is 2. The zero-order chi connectivity index (χ0) is 14.4. The summed E-state index contributed by atoms with van der Waals surface area (Å²) in [6.07, 6.45) is 0.967. The summed E-state index contributed by atoms with van der Waals surface area (Å²) >= 11 is 1.19. The number of aromatic nitrogens is 1. The van der Waals surface area contributed by atoms with E-state index >= 15 is 0 Å². The summed E-state index contributed by atoms with van der Waals surface area (Å²) in [4.78, 5) is 18.3. The van der Waals surface area contributed by atoms with Crippen LogP contribution in [-0.2, 0) is 0 Å². The number of carbonyl (C=O) groups is 1. The van der Waals surface area contributed by atoms with Crippen LogP contribution in [0.4, 0.5) is 10.9 Å². The third kappa shape index (κ3) is 4.05. The van der Waals surface area contributed by atoms with Crippen molar-refractivity contribution in [3.8, 4) is 0 Å². The van der Waals surface area contributed by atoms with E-state index in [1.807, 2.05) is 18.9 Å². The van der Waals surface area contributed by atoms with E-state index in [2.05, 4.69) is 10.3 Å². The zero-order valence-corrected chi connectivity index (χ0v) is 11.9. The third-order valence-corrected chi connectivity index (χ3v) is 3.69. The molecule has 0 aliphatic carbocycles. The van der Waals surface area contributed by atoms with E-state index < -0.39 is 11.9 Å². The van der Waals surface area contributed by atoms with Crippen molar-refractivity contribution in [2.45, 2.75) is 19.4 Å². The third-order valence-electron chi connectivity index (χ3n) is 2.51. The molecule has 7 nitrogen and oxygen atoms in total. The first-order chi connectivity index (χ1) is 9.03. The Labute approximate surface area is 116 Å². The SMILES string of the molecule is CCCN(C)c1nc(N)c(C(=O)NC(CO)CO)s1. The van der Waals surface area contributed by atoms with Crippen LogP contribution >= 0.6 is 11.3 Å². The molecule has 1 aromatic heterocycles. The minimum atomic E-state index is -0.689. The van der Waals surface area contributed by atoms with Crippen molar-refractivity contribution >= 4 is 28.2 Å². The molecular formula is C11H20N4O3S. The van der Waals surface area contributed by atoms with Gasteiger partial charge >= 0.3 is 0 Å². The van der Waals surface area contributed by atoms with Gasteiger partial charge in [0, 0.05) is 13.6 Å². The molecule has 8 heteroatoms. The monoisotopic (exact) mass is 288 g/mol. The lowest BCUT2D eigenvalue weighted by Crippen LogP contribution is -2.40. The minimum Gasteiger partial charge on any atom is -0.394 e. The van der Waals surface area contributed by atoms with Gasteiger partial charge in [-0.1, -0.05) is 18.3 Å². The minimum absolute atomic E-state index is 0.162. The predicted molar refractivity (Wildman–Crippen MR) is 75.5 cm³/mol. The zero-order valence-electron chi connectivity index (χ0n) is 11.1. The smallest absolute Gasteiger partial charge is 0.265 e. The average Bonchev–Trinajstić information content (AvgIpc) is 2.78. The van der Waals surface area contributed by atoms with Crippen LogP contribution in [0.3, 0.4) is 0 Å². The Morgan fingerprint density at radius 3 is 2.68 bits per heavy atom. The number of aliphatic hydroxyl groups excluding tert-OH is 2. The first-order valence-corrected chi connectivity index (χ1v) is 6.85. The van der Waals surface area contributed by atoms with Crippen LogP contribution in [-0.4, -0.2) is 54.0 Å². The van der Waals surface area contributed by atoms with E-state index in [4.69, 9.17) is 15.9 Å². The molecule has 0 saturated carbocycles. The van der Waals surface area contributed by atoms with Crippen molar-refractivity contribution in [1.29, 1.82) is 0 Å². The standard InChI is InChI=1S/C11H20N4O3S/c1-3-4-15(2)11-14-9(12)8(19-11)10(18)13-7(5-16)6-17/h7,16-17H,3-6,12H2,1-2H3,(H,13,18). The van der Waals surface area contributed by atoms with Gasteiger partial charge in [0.2, 0.25) is 0 Å². The van der Waals surface area contributed by atoms with Gasteiger partial charge in [0.05, 0.1) is 19.3 Å². The Balaban J connectivity index is 2.80. The molecule has 0 spiro atoms. The number of aliphatic hydroxyl groups is 2. The summed E-state index contributed by atoms with van der Waals surface area (Å²) in [7, 11) is 1.88. The molecule has 0 unspecified atom stereocenters. The van der Waals surface area contributed by atoms with Gasteiger partial charge in [-0.05, 0) is 6.42 Å². The van der Waals surface area contributed by atoms with Crippen molar-refractivity contribution in [3.05, 3.63) is 4.88 Å². The maximum Gasteiger partial charge on any atom is 0.265 e. The number of amides is 1. The van der Waals surface area contributed by atoms with Crippen molar-refractivity contribution < 1.29 is 15.0 Å². The summed E-state index contributed by atoms with van der Waals surface area (Å²) < 4.78 is 0. The lowest BCUT2D eigenvalue weighted by molar-refractivity contribution is 0.0884. The number of hydrogen-bond donors (Lipinski definition) is 4. The molecule has 1 amide bonds. The van der Waals surface area contributed by atoms with E-state index in [0.717, 1.165) is 13.0 Å². The fourth-order valence-corrected chi connectivity index (χ4v) is 2.35. The van der Waals surface area contributed by atoms with Crippen molar-refractivity contribution in [2.75, 3.05) is 37.4 Å². The van der Waals surface area contributed by atoms with Crippen molar-refractivity contribution in [1.82, 2.24) is 10.3 Å². The molecule has 0 fully saturated rings. The highest BCUT2D eigenvalue weighted by atomic mass is 32.1. The number of nitrogens with one attached hydrogen (secondary N) is 1. The average molecular weight is 288 g/mol. The van der Waals surface area contributed by atoms with Crippen LogP contribution in [0.15, 0.2) is 0 Å². The highest BCUT2D eigenvalue weighted by molar-refractivity contribution is 7.18. The molecule has 0 bridgehead atoms. The van der Waals surface area contributed by atoms with E-state index in [-0.39, 0.29) is 19.0 Å². The second kappa shape index (κ2) is 7.27. The van der Waals surface area contributed by atoms with Crippen LogP contribution in [0.2, 0.25) is 0 Å². The molecule has 1 aromatic rings. The molecule has 0 atom stereocenters. The summed E-state index contributed by atoms with van der Waals surface area (Å²) in [6.45, 7) is 2.21. The molecule has 1 rings (SSSR count).